The van der Waals surface area contributed by atoms with E-state index >= 15 is 0 Å². The third-order valence-corrected chi connectivity index (χ3v) is 4.34. The zero-order valence-electron chi connectivity index (χ0n) is 15.5. The van der Waals surface area contributed by atoms with Crippen molar-refractivity contribution in [3.8, 4) is 0 Å². The second-order valence-electron chi connectivity index (χ2n) is 6.51. The van der Waals surface area contributed by atoms with E-state index < -0.39 is 23.5 Å². The highest BCUT2D eigenvalue weighted by atomic mass is 19.4. The Bertz CT molecular complexity index is 939. The quantitative estimate of drug-likeness (QED) is 0.298. The van der Waals surface area contributed by atoms with Crippen molar-refractivity contribution in [2.75, 3.05) is 0 Å². The first-order valence-corrected chi connectivity index (χ1v) is 8.93. The van der Waals surface area contributed by atoms with Gasteiger partial charge in [-0.1, -0.05) is 84.9 Å². The van der Waals surface area contributed by atoms with Crippen molar-refractivity contribution in [3.63, 3.8) is 0 Å². The molecule has 0 spiro atoms. The molecule has 0 bridgehead atoms. The van der Waals surface area contributed by atoms with Gasteiger partial charge in [-0.3, -0.25) is 0 Å². The second-order valence-corrected chi connectivity index (χ2v) is 6.51. The van der Waals surface area contributed by atoms with E-state index in [0.717, 1.165) is 12.2 Å². The maximum Gasteiger partial charge on any atom is 0.417 e. The lowest BCUT2D eigenvalue weighted by Crippen LogP contribution is -2.10. The van der Waals surface area contributed by atoms with Crippen LogP contribution >= 0.6 is 0 Å². The Kier molecular flexibility index (Phi) is 6.15. The van der Waals surface area contributed by atoms with Crippen molar-refractivity contribution in [1.82, 2.24) is 0 Å². The van der Waals surface area contributed by atoms with Gasteiger partial charge in [-0.05, 0) is 34.4 Å². The fourth-order valence-corrected chi connectivity index (χ4v) is 2.91. The molecule has 0 aromatic heterocycles. The normalized spacial score (nSPS) is 13.4. The Balaban J connectivity index is 1.97. The molecule has 0 aliphatic rings. The molecule has 0 nitrogen and oxygen atoms in total. The lowest BCUT2D eigenvalue weighted by atomic mass is 10.00. The van der Waals surface area contributed by atoms with E-state index in [0.29, 0.717) is 0 Å². The van der Waals surface area contributed by atoms with Crippen LogP contribution in [-0.4, -0.2) is 12.4 Å². The van der Waals surface area contributed by atoms with Crippen LogP contribution in [0.2, 0.25) is 0 Å². The molecular weight excluding hydrogens is 402 g/mol. The van der Waals surface area contributed by atoms with Crippen molar-refractivity contribution >= 4 is 23.3 Å². The van der Waals surface area contributed by atoms with Crippen LogP contribution in [0, 0.1) is 0 Å². The SMILES string of the molecule is FC(F)(F)/C(=C\c1ccc(/C=C(\c2ccccc2)C(F)(F)F)cc1)c1ccccc1. The summed E-state index contributed by atoms with van der Waals surface area (Å²) in [5.41, 5.74) is -1.17. The van der Waals surface area contributed by atoms with Crippen LogP contribution in [0.3, 0.4) is 0 Å². The number of benzene rings is 3. The Morgan fingerprint density at radius 3 is 1.03 bits per heavy atom. The fraction of sp³-hybridized carbons (Fsp3) is 0.0833. The minimum absolute atomic E-state index is 0.0115. The molecule has 0 atom stereocenters. The highest BCUT2D eigenvalue weighted by Gasteiger charge is 2.35. The molecule has 3 aromatic carbocycles. The van der Waals surface area contributed by atoms with Crippen LogP contribution in [0.15, 0.2) is 84.9 Å². The predicted octanol–water partition coefficient (Wildman–Crippen LogP) is 7.89. The van der Waals surface area contributed by atoms with Gasteiger partial charge in [-0.2, -0.15) is 26.3 Å². The molecule has 0 aliphatic heterocycles. The number of halogens is 6. The smallest absolute Gasteiger partial charge is 0.166 e. The van der Waals surface area contributed by atoms with Gasteiger partial charge in [-0.25, -0.2) is 0 Å². The van der Waals surface area contributed by atoms with Crippen molar-refractivity contribution in [2.45, 2.75) is 12.4 Å². The molecule has 0 unspecified atom stereocenters. The fourth-order valence-electron chi connectivity index (χ4n) is 2.91. The summed E-state index contributed by atoms with van der Waals surface area (Å²) in [4.78, 5) is 0. The van der Waals surface area contributed by atoms with E-state index in [1.54, 1.807) is 12.1 Å². The van der Waals surface area contributed by atoms with Crippen molar-refractivity contribution in [1.29, 1.82) is 0 Å². The minimum Gasteiger partial charge on any atom is -0.166 e. The molecule has 3 aromatic rings. The summed E-state index contributed by atoms with van der Waals surface area (Å²) >= 11 is 0. The van der Waals surface area contributed by atoms with Gasteiger partial charge in [0.15, 0.2) is 0 Å². The van der Waals surface area contributed by atoms with Gasteiger partial charge in [0.25, 0.3) is 0 Å². The number of alkyl halides is 6. The Labute approximate surface area is 169 Å². The Morgan fingerprint density at radius 2 is 0.767 bits per heavy atom. The molecule has 0 amide bonds. The monoisotopic (exact) mass is 418 g/mol. The highest BCUT2D eigenvalue weighted by Crippen LogP contribution is 2.37. The average Bonchev–Trinajstić information content (AvgIpc) is 2.71. The summed E-state index contributed by atoms with van der Waals surface area (Å²) in [6.07, 6.45) is -7.19. The van der Waals surface area contributed by atoms with Crippen LogP contribution in [0.5, 0.6) is 0 Å². The van der Waals surface area contributed by atoms with Crippen LogP contribution in [-0.2, 0) is 0 Å². The van der Waals surface area contributed by atoms with E-state index in [4.69, 9.17) is 0 Å². The van der Waals surface area contributed by atoms with Crippen LogP contribution in [0.25, 0.3) is 23.3 Å². The first-order chi connectivity index (χ1) is 14.1. The number of allylic oxidation sites excluding steroid dienone is 2. The molecule has 0 radical (unpaired) electrons. The molecular formula is C24H16F6. The third kappa shape index (κ3) is 5.41. The van der Waals surface area contributed by atoms with Crippen LogP contribution in [0.4, 0.5) is 26.3 Å². The van der Waals surface area contributed by atoms with Gasteiger partial charge < -0.3 is 0 Å². The van der Waals surface area contributed by atoms with Crippen LogP contribution < -0.4 is 0 Å². The van der Waals surface area contributed by atoms with Crippen LogP contribution in [0.1, 0.15) is 22.3 Å². The topological polar surface area (TPSA) is 0 Å². The first kappa shape index (κ1) is 21.4. The highest BCUT2D eigenvalue weighted by molar-refractivity contribution is 5.86. The standard InChI is InChI=1S/C24H16F6/c25-23(26,27)21(19-7-3-1-4-8-19)15-17-11-13-18(14-12-17)16-22(24(28,29)30)20-9-5-2-6-10-20/h1-16H/b21-15-,22-16+. The van der Waals surface area contributed by atoms with Crippen molar-refractivity contribution < 1.29 is 26.3 Å². The molecule has 0 saturated carbocycles. The summed E-state index contributed by atoms with van der Waals surface area (Å²) in [5.74, 6) is 0. The molecule has 0 fully saturated rings. The van der Waals surface area contributed by atoms with Crippen molar-refractivity contribution in [2.24, 2.45) is 0 Å². The summed E-state index contributed by atoms with van der Waals surface area (Å²) in [6.45, 7) is 0. The predicted molar refractivity (Wildman–Crippen MR) is 107 cm³/mol. The molecule has 0 N–H and O–H groups in total. The lowest BCUT2D eigenvalue weighted by Gasteiger charge is -2.13. The number of hydrogen-bond donors (Lipinski definition) is 0. The largest absolute Gasteiger partial charge is 0.417 e. The summed E-state index contributed by atoms with van der Waals surface area (Å²) in [6, 6.07) is 20.1. The van der Waals surface area contributed by atoms with Gasteiger partial charge in [0.2, 0.25) is 0 Å². The van der Waals surface area contributed by atoms with Crippen molar-refractivity contribution in [3.05, 3.63) is 107 Å². The van der Waals surface area contributed by atoms with E-state index in [2.05, 4.69) is 0 Å². The zero-order chi connectivity index (χ0) is 21.8. The maximum atomic E-state index is 13.5. The zero-order valence-corrected chi connectivity index (χ0v) is 15.5. The lowest BCUT2D eigenvalue weighted by molar-refractivity contribution is -0.0692. The molecule has 154 valence electrons. The molecule has 6 heteroatoms. The maximum absolute atomic E-state index is 13.5. The van der Waals surface area contributed by atoms with Gasteiger partial charge >= 0.3 is 12.4 Å². The summed E-state index contributed by atoms with van der Waals surface area (Å²) in [7, 11) is 0. The number of hydrogen-bond acceptors (Lipinski definition) is 0. The molecule has 30 heavy (non-hydrogen) atoms. The van der Waals surface area contributed by atoms with Gasteiger partial charge in [0, 0.05) is 0 Å². The second kappa shape index (κ2) is 8.61. The average molecular weight is 418 g/mol. The van der Waals surface area contributed by atoms with E-state index in [9.17, 15) is 26.3 Å². The van der Waals surface area contributed by atoms with E-state index in [1.807, 2.05) is 0 Å². The van der Waals surface area contributed by atoms with Gasteiger partial charge in [-0.15, -0.1) is 0 Å². The molecule has 0 heterocycles. The van der Waals surface area contributed by atoms with E-state index in [1.165, 1.54) is 72.8 Å². The van der Waals surface area contributed by atoms with Gasteiger partial charge in [0.1, 0.15) is 0 Å². The van der Waals surface area contributed by atoms with Gasteiger partial charge in [0.05, 0.1) is 11.1 Å². The Hall–Kier alpha value is -3.28. The number of rotatable bonds is 4. The van der Waals surface area contributed by atoms with E-state index in [-0.39, 0.29) is 22.3 Å². The first-order valence-electron chi connectivity index (χ1n) is 8.93. The molecule has 0 aliphatic carbocycles. The minimum atomic E-state index is -4.57. The molecule has 3 rings (SSSR count). The summed E-state index contributed by atoms with van der Waals surface area (Å²) in [5, 5.41) is 0. The molecule has 0 saturated heterocycles. The third-order valence-electron chi connectivity index (χ3n) is 4.34. The Morgan fingerprint density at radius 1 is 0.467 bits per heavy atom. The summed E-state index contributed by atoms with van der Waals surface area (Å²) < 4.78 is 80.8.